The van der Waals surface area contributed by atoms with Crippen molar-refractivity contribution >= 4 is 15.7 Å². The van der Waals surface area contributed by atoms with Crippen molar-refractivity contribution < 1.29 is 13.2 Å². The lowest BCUT2D eigenvalue weighted by Crippen LogP contribution is -2.18. The topological polar surface area (TPSA) is 87.2 Å². The van der Waals surface area contributed by atoms with Crippen LogP contribution in [0, 0.1) is 0 Å². The molecule has 0 aliphatic carbocycles. The summed E-state index contributed by atoms with van der Waals surface area (Å²) in [4.78, 5) is 0. The summed E-state index contributed by atoms with van der Waals surface area (Å²) in [5.74, 6) is 0.815. The molecule has 1 atom stereocenters. The van der Waals surface area contributed by atoms with E-state index in [0.717, 1.165) is 12.0 Å². The maximum Gasteiger partial charge on any atom is 0.156 e. The summed E-state index contributed by atoms with van der Waals surface area (Å²) < 4.78 is 30.1. The van der Waals surface area contributed by atoms with Crippen LogP contribution in [0.2, 0.25) is 0 Å². The molecule has 0 bridgehead atoms. The third-order valence-electron chi connectivity index (χ3n) is 3.40. The van der Waals surface area contributed by atoms with Crippen LogP contribution in [0.4, 0.5) is 5.82 Å². The van der Waals surface area contributed by atoms with Gasteiger partial charge < -0.3 is 10.5 Å². The quantitative estimate of drug-likeness (QED) is 0.759. The Morgan fingerprint density at radius 1 is 1.47 bits per heavy atom. The molecule has 0 saturated carbocycles. The molecule has 2 aliphatic rings. The number of nitrogens with two attached hydrogens (primary N) is 1. The molecule has 7 heteroatoms. The van der Waals surface area contributed by atoms with Gasteiger partial charge in [-0.1, -0.05) is 0 Å². The number of hydrogen-bond donors (Lipinski definition) is 1. The lowest BCUT2D eigenvalue weighted by molar-refractivity contribution is 0.185. The number of hydrogen-bond acceptors (Lipinski definition) is 5. The van der Waals surface area contributed by atoms with Gasteiger partial charge in [0.1, 0.15) is 5.82 Å². The van der Waals surface area contributed by atoms with Crippen molar-refractivity contribution in [2.75, 3.05) is 24.7 Å². The number of fused-ring (bicyclic) bond motifs is 1. The molecular formula is C10H15N3O3S. The molecule has 1 unspecified atom stereocenters. The average molecular weight is 257 g/mol. The Hall–Kier alpha value is -1.08. The monoisotopic (exact) mass is 257 g/mol. The number of anilines is 1. The zero-order valence-electron chi connectivity index (χ0n) is 9.42. The molecule has 0 radical (unpaired) electrons. The number of nitrogens with zero attached hydrogens (tertiary/aromatic N) is 2. The van der Waals surface area contributed by atoms with Gasteiger partial charge in [0, 0.05) is 12.2 Å². The smallest absolute Gasteiger partial charge is 0.156 e. The lowest BCUT2D eigenvalue weighted by Gasteiger charge is -2.11. The van der Waals surface area contributed by atoms with Crippen molar-refractivity contribution in [3.8, 4) is 0 Å². The minimum absolute atomic E-state index is 0.0209. The van der Waals surface area contributed by atoms with Crippen molar-refractivity contribution in [2.45, 2.75) is 24.6 Å². The Labute approximate surface area is 99.7 Å². The average Bonchev–Trinajstić information content (AvgIpc) is 2.85. The number of sulfone groups is 1. The zero-order chi connectivity index (χ0) is 12.0. The molecule has 1 aromatic heterocycles. The first kappa shape index (κ1) is 11.0. The van der Waals surface area contributed by atoms with Gasteiger partial charge in [-0.05, 0) is 12.8 Å². The van der Waals surface area contributed by atoms with E-state index in [2.05, 4.69) is 5.10 Å². The predicted molar refractivity (Wildman–Crippen MR) is 62.3 cm³/mol. The Morgan fingerprint density at radius 2 is 2.29 bits per heavy atom. The number of rotatable bonds is 1. The Morgan fingerprint density at radius 3 is 3.00 bits per heavy atom. The maximum absolute atomic E-state index is 11.5. The van der Waals surface area contributed by atoms with Crippen LogP contribution in [-0.4, -0.2) is 37.2 Å². The highest BCUT2D eigenvalue weighted by atomic mass is 32.2. The van der Waals surface area contributed by atoms with Gasteiger partial charge in [0.05, 0.1) is 29.8 Å². The van der Waals surface area contributed by atoms with Crippen molar-refractivity contribution in [1.82, 2.24) is 9.78 Å². The molecular weight excluding hydrogens is 242 g/mol. The summed E-state index contributed by atoms with van der Waals surface area (Å²) in [7, 11) is -2.99. The van der Waals surface area contributed by atoms with Gasteiger partial charge in [0.25, 0.3) is 0 Å². The van der Waals surface area contributed by atoms with E-state index in [1.165, 1.54) is 0 Å². The Bertz CT molecular complexity index is 543. The van der Waals surface area contributed by atoms with E-state index in [-0.39, 0.29) is 17.5 Å². The fourth-order valence-corrected chi connectivity index (χ4v) is 3.76. The third kappa shape index (κ3) is 1.83. The van der Waals surface area contributed by atoms with Crippen LogP contribution >= 0.6 is 0 Å². The van der Waals surface area contributed by atoms with Gasteiger partial charge in [-0.3, -0.25) is 0 Å². The first-order valence-electron chi connectivity index (χ1n) is 5.71. The van der Waals surface area contributed by atoms with Crippen LogP contribution in [0.5, 0.6) is 0 Å². The first-order chi connectivity index (χ1) is 8.07. The van der Waals surface area contributed by atoms with E-state index in [1.807, 2.05) is 0 Å². The van der Waals surface area contributed by atoms with Crippen LogP contribution in [-0.2, 0) is 26.7 Å². The van der Waals surface area contributed by atoms with Crippen molar-refractivity contribution in [1.29, 1.82) is 0 Å². The lowest BCUT2D eigenvalue weighted by atomic mass is 10.2. The van der Waals surface area contributed by atoms with Crippen molar-refractivity contribution in [3.63, 3.8) is 0 Å². The number of ether oxygens (including phenoxy) is 1. The van der Waals surface area contributed by atoms with Crippen molar-refractivity contribution in [2.24, 2.45) is 0 Å². The van der Waals surface area contributed by atoms with E-state index in [1.54, 1.807) is 4.68 Å². The summed E-state index contributed by atoms with van der Waals surface area (Å²) in [6, 6.07) is 0.156. The number of nitrogen functional groups attached to an aromatic ring is 1. The molecule has 3 rings (SSSR count). The normalized spacial score (nSPS) is 26.9. The summed E-state index contributed by atoms with van der Waals surface area (Å²) in [5, 5.41) is 4.36. The highest BCUT2D eigenvalue weighted by Gasteiger charge is 2.30. The maximum atomic E-state index is 11.5. The standard InChI is InChI=1S/C10H15N3O3S/c11-10-8-2-4-17(14,15)6-9(8)12-13(10)7-1-3-16-5-7/h7H,1-6,11H2. The molecule has 2 aliphatic heterocycles. The fourth-order valence-electron chi connectivity index (χ4n) is 2.45. The largest absolute Gasteiger partial charge is 0.384 e. The van der Waals surface area contributed by atoms with Crippen LogP contribution in [0.15, 0.2) is 0 Å². The minimum atomic E-state index is -2.99. The van der Waals surface area contributed by atoms with Crippen LogP contribution in [0.25, 0.3) is 0 Å². The van der Waals surface area contributed by atoms with Crippen LogP contribution in [0.1, 0.15) is 23.7 Å². The molecule has 17 heavy (non-hydrogen) atoms. The SMILES string of the molecule is Nc1c2c(nn1C1CCOC1)CS(=O)(=O)CC2. The van der Waals surface area contributed by atoms with Gasteiger partial charge in [-0.15, -0.1) is 0 Å². The highest BCUT2D eigenvalue weighted by molar-refractivity contribution is 7.90. The van der Waals surface area contributed by atoms with Crippen LogP contribution < -0.4 is 5.73 Å². The summed E-state index contributed by atoms with van der Waals surface area (Å²) >= 11 is 0. The summed E-state index contributed by atoms with van der Waals surface area (Å²) in [5.41, 5.74) is 7.58. The molecule has 2 N–H and O–H groups in total. The van der Waals surface area contributed by atoms with Gasteiger partial charge in [0.2, 0.25) is 0 Å². The van der Waals surface area contributed by atoms with Gasteiger partial charge in [-0.2, -0.15) is 5.10 Å². The van der Waals surface area contributed by atoms with Crippen molar-refractivity contribution in [3.05, 3.63) is 11.3 Å². The second-order valence-corrected chi connectivity index (χ2v) is 6.80. The molecule has 1 aromatic rings. The van der Waals surface area contributed by atoms with Gasteiger partial charge in [-0.25, -0.2) is 13.1 Å². The summed E-state index contributed by atoms with van der Waals surface area (Å²) in [6.45, 7) is 1.32. The second-order valence-electron chi connectivity index (χ2n) is 4.61. The second kappa shape index (κ2) is 3.71. The highest BCUT2D eigenvalue weighted by Crippen LogP contribution is 2.29. The Kier molecular flexibility index (Phi) is 2.41. The molecule has 6 nitrogen and oxygen atoms in total. The predicted octanol–water partition coefficient (Wildman–Crippen LogP) is -0.102. The van der Waals surface area contributed by atoms with Gasteiger partial charge in [0.15, 0.2) is 9.84 Å². The zero-order valence-corrected chi connectivity index (χ0v) is 10.2. The molecule has 1 fully saturated rings. The molecule has 94 valence electrons. The van der Waals surface area contributed by atoms with E-state index in [0.29, 0.717) is 31.1 Å². The fraction of sp³-hybridized carbons (Fsp3) is 0.700. The van der Waals surface area contributed by atoms with E-state index < -0.39 is 9.84 Å². The molecule has 0 amide bonds. The molecule has 0 spiro atoms. The molecule has 1 saturated heterocycles. The molecule has 0 aromatic carbocycles. The van der Waals surface area contributed by atoms with E-state index in [9.17, 15) is 8.42 Å². The minimum Gasteiger partial charge on any atom is -0.384 e. The Balaban J connectivity index is 2.00. The summed E-state index contributed by atoms with van der Waals surface area (Å²) in [6.07, 6.45) is 1.37. The number of aromatic nitrogens is 2. The first-order valence-corrected chi connectivity index (χ1v) is 7.53. The van der Waals surface area contributed by atoms with E-state index in [4.69, 9.17) is 10.5 Å². The van der Waals surface area contributed by atoms with Gasteiger partial charge >= 0.3 is 0 Å². The molecule has 3 heterocycles. The van der Waals surface area contributed by atoms with E-state index >= 15 is 0 Å². The third-order valence-corrected chi connectivity index (χ3v) is 4.94. The van der Waals surface area contributed by atoms with Crippen LogP contribution in [0.3, 0.4) is 0 Å².